The van der Waals surface area contributed by atoms with E-state index in [9.17, 15) is 9.59 Å². The number of methoxy groups -OCH3 is 1. The number of carbonyl (C=O) groups excluding carboxylic acids is 2. The summed E-state index contributed by atoms with van der Waals surface area (Å²) in [5, 5.41) is 0. The Morgan fingerprint density at radius 2 is 1.82 bits per heavy atom. The lowest BCUT2D eigenvalue weighted by atomic mass is 10.1. The van der Waals surface area contributed by atoms with Gasteiger partial charge in [0.05, 0.1) is 7.11 Å². The van der Waals surface area contributed by atoms with Crippen molar-refractivity contribution in [1.82, 2.24) is 4.90 Å². The monoisotopic (exact) mass is 447 g/mol. The van der Waals surface area contributed by atoms with Crippen LogP contribution in [0.2, 0.25) is 0 Å². The van der Waals surface area contributed by atoms with Gasteiger partial charge in [-0.1, -0.05) is 46.3 Å². The van der Waals surface area contributed by atoms with Crippen LogP contribution in [0.5, 0.6) is 5.75 Å². The number of esters is 1. The molecule has 1 saturated heterocycles. The Bertz CT molecular complexity index is 819. The number of piperidine rings is 1. The fourth-order valence-electron chi connectivity index (χ4n) is 3.02. The van der Waals surface area contributed by atoms with Crippen molar-refractivity contribution in [1.29, 1.82) is 0 Å². The zero-order valence-corrected chi connectivity index (χ0v) is 17.2. The van der Waals surface area contributed by atoms with Crippen LogP contribution in [0.1, 0.15) is 28.8 Å². The largest absolute Gasteiger partial charge is 0.489 e. The van der Waals surface area contributed by atoms with Gasteiger partial charge in [0.15, 0.2) is 0 Å². The molecule has 7 heteroatoms. The SMILES string of the molecule is COC(=O)c1ccc(Br)cc1OC1CCN(C(=O)OCc2ccccc2)CC1. The zero-order valence-electron chi connectivity index (χ0n) is 15.6. The first-order chi connectivity index (χ1) is 13.6. The van der Waals surface area contributed by atoms with Crippen LogP contribution in [0.3, 0.4) is 0 Å². The van der Waals surface area contributed by atoms with E-state index in [1.165, 1.54) is 7.11 Å². The molecular weight excluding hydrogens is 426 g/mol. The first-order valence-corrected chi connectivity index (χ1v) is 9.86. The van der Waals surface area contributed by atoms with Crippen LogP contribution >= 0.6 is 15.9 Å². The summed E-state index contributed by atoms with van der Waals surface area (Å²) in [5.41, 5.74) is 1.34. The second-order valence-electron chi connectivity index (χ2n) is 6.48. The molecule has 3 rings (SSSR count). The Morgan fingerprint density at radius 3 is 2.50 bits per heavy atom. The highest BCUT2D eigenvalue weighted by atomic mass is 79.9. The summed E-state index contributed by atoms with van der Waals surface area (Å²) in [7, 11) is 1.34. The minimum atomic E-state index is -0.440. The van der Waals surface area contributed by atoms with E-state index in [2.05, 4.69) is 15.9 Å². The third-order valence-corrected chi connectivity index (χ3v) is 5.04. The lowest BCUT2D eigenvalue weighted by Crippen LogP contribution is -2.42. The average Bonchev–Trinajstić information content (AvgIpc) is 2.73. The second-order valence-corrected chi connectivity index (χ2v) is 7.39. The fourth-order valence-corrected chi connectivity index (χ4v) is 3.36. The average molecular weight is 448 g/mol. The van der Waals surface area contributed by atoms with Crippen molar-refractivity contribution in [2.45, 2.75) is 25.6 Å². The maximum atomic E-state index is 12.3. The number of hydrogen-bond donors (Lipinski definition) is 0. The van der Waals surface area contributed by atoms with Crippen LogP contribution in [0, 0.1) is 0 Å². The molecule has 0 bridgehead atoms. The molecule has 1 heterocycles. The highest BCUT2D eigenvalue weighted by Crippen LogP contribution is 2.27. The van der Waals surface area contributed by atoms with Crippen LogP contribution in [-0.2, 0) is 16.1 Å². The molecule has 0 radical (unpaired) electrons. The molecule has 1 fully saturated rings. The first-order valence-electron chi connectivity index (χ1n) is 9.07. The minimum absolute atomic E-state index is 0.0871. The van der Waals surface area contributed by atoms with Crippen molar-refractivity contribution in [3.63, 3.8) is 0 Å². The molecule has 6 nitrogen and oxygen atoms in total. The van der Waals surface area contributed by atoms with Gasteiger partial charge in [-0.15, -0.1) is 0 Å². The number of ether oxygens (including phenoxy) is 3. The summed E-state index contributed by atoms with van der Waals surface area (Å²) in [6, 6.07) is 14.8. The molecule has 148 valence electrons. The molecule has 0 saturated carbocycles. The maximum Gasteiger partial charge on any atom is 0.410 e. The number of likely N-dealkylation sites (tertiary alicyclic amines) is 1. The van der Waals surface area contributed by atoms with E-state index in [0.717, 1.165) is 10.0 Å². The number of hydrogen-bond acceptors (Lipinski definition) is 5. The van der Waals surface area contributed by atoms with Crippen molar-refractivity contribution < 1.29 is 23.8 Å². The minimum Gasteiger partial charge on any atom is -0.489 e. The van der Waals surface area contributed by atoms with Gasteiger partial charge >= 0.3 is 12.1 Å². The summed E-state index contributed by atoms with van der Waals surface area (Å²) >= 11 is 3.40. The van der Waals surface area contributed by atoms with Crippen molar-refractivity contribution in [2.75, 3.05) is 20.2 Å². The topological polar surface area (TPSA) is 65.1 Å². The van der Waals surface area contributed by atoms with Crippen molar-refractivity contribution in [3.8, 4) is 5.75 Å². The number of benzene rings is 2. The molecule has 0 N–H and O–H groups in total. The normalized spacial score (nSPS) is 14.4. The predicted molar refractivity (Wildman–Crippen MR) is 107 cm³/mol. The van der Waals surface area contributed by atoms with Gasteiger partial charge in [-0.25, -0.2) is 9.59 Å². The van der Waals surface area contributed by atoms with Crippen LogP contribution in [0.4, 0.5) is 4.79 Å². The van der Waals surface area contributed by atoms with E-state index in [-0.39, 0.29) is 18.8 Å². The fraction of sp³-hybridized carbons (Fsp3) is 0.333. The molecular formula is C21H22BrNO5. The van der Waals surface area contributed by atoms with Gasteiger partial charge in [-0.05, 0) is 23.8 Å². The molecule has 0 atom stereocenters. The van der Waals surface area contributed by atoms with E-state index >= 15 is 0 Å². The van der Waals surface area contributed by atoms with Gasteiger partial charge < -0.3 is 19.1 Å². The molecule has 0 aromatic heterocycles. The van der Waals surface area contributed by atoms with Gasteiger partial charge in [-0.2, -0.15) is 0 Å². The summed E-state index contributed by atoms with van der Waals surface area (Å²) in [6.45, 7) is 1.34. The van der Waals surface area contributed by atoms with Crippen LogP contribution in [-0.4, -0.2) is 43.3 Å². The van der Waals surface area contributed by atoms with Crippen molar-refractivity contribution in [3.05, 3.63) is 64.1 Å². The quantitative estimate of drug-likeness (QED) is 0.634. The lowest BCUT2D eigenvalue weighted by molar-refractivity contribution is 0.0568. The first kappa shape index (κ1) is 20.2. The van der Waals surface area contributed by atoms with Crippen molar-refractivity contribution >= 4 is 28.0 Å². The van der Waals surface area contributed by atoms with Crippen molar-refractivity contribution in [2.24, 2.45) is 0 Å². The molecule has 2 aromatic carbocycles. The summed E-state index contributed by atoms with van der Waals surface area (Å²) < 4.78 is 17.0. The maximum absolute atomic E-state index is 12.3. The van der Waals surface area contributed by atoms with E-state index in [0.29, 0.717) is 37.2 Å². The predicted octanol–water partition coefficient (Wildman–Crippen LogP) is 4.42. The third-order valence-electron chi connectivity index (χ3n) is 4.55. The van der Waals surface area contributed by atoms with Gasteiger partial charge in [0.25, 0.3) is 0 Å². The van der Waals surface area contributed by atoms with Gasteiger partial charge in [0.1, 0.15) is 24.0 Å². The zero-order chi connectivity index (χ0) is 19.9. The molecule has 2 aromatic rings. The van der Waals surface area contributed by atoms with Gasteiger partial charge in [0, 0.05) is 30.4 Å². The molecule has 1 amide bonds. The number of amides is 1. The Balaban J connectivity index is 1.52. The van der Waals surface area contributed by atoms with E-state index < -0.39 is 5.97 Å². The molecule has 0 aliphatic carbocycles. The Kier molecular flexibility index (Phi) is 6.92. The molecule has 1 aliphatic rings. The van der Waals surface area contributed by atoms with E-state index in [1.807, 2.05) is 30.3 Å². The highest BCUT2D eigenvalue weighted by molar-refractivity contribution is 9.10. The summed E-state index contributed by atoms with van der Waals surface area (Å²) in [5.74, 6) is 0.0377. The number of rotatable bonds is 5. The lowest BCUT2D eigenvalue weighted by Gasteiger charge is -2.31. The summed E-state index contributed by atoms with van der Waals surface area (Å²) in [6.07, 6.45) is 0.914. The van der Waals surface area contributed by atoms with Crippen LogP contribution < -0.4 is 4.74 Å². The molecule has 0 unspecified atom stereocenters. The standard InChI is InChI=1S/C21H22BrNO5/c1-26-20(24)18-8-7-16(22)13-19(18)28-17-9-11-23(12-10-17)21(25)27-14-15-5-3-2-4-6-15/h2-8,13,17H,9-12,14H2,1H3. The van der Waals surface area contributed by atoms with E-state index in [4.69, 9.17) is 14.2 Å². The number of nitrogens with zero attached hydrogens (tertiary/aromatic N) is 1. The Hall–Kier alpha value is -2.54. The number of halogens is 1. The highest BCUT2D eigenvalue weighted by Gasteiger charge is 2.26. The Labute approximate surface area is 172 Å². The smallest absolute Gasteiger partial charge is 0.410 e. The van der Waals surface area contributed by atoms with Crippen LogP contribution in [0.15, 0.2) is 53.0 Å². The van der Waals surface area contributed by atoms with E-state index in [1.54, 1.807) is 23.1 Å². The van der Waals surface area contributed by atoms with Gasteiger partial charge in [-0.3, -0.25) is 0 Å². The second kappa shape index (κ2) is 9.59. The van der Waals surface area contributed by atoms with Gasteiger partial charge in [0.2, 0.25) is 0 Å². The summed E-state index contributed by atoms with van der Waals surface area (Å²) in [4.78, 5) is 25.9. The molecule has 1 aliphatic heterocycles. The number of carbonyl (C=O) groups is 2. The van der Waals surface area contributed by atoms with Crippen LogP contribution in [0.25, 0.3) is 0 Å². The third kappa shape index (κ3) is 5.25. The Morgan fingerprint density at radius 1 is 1.11 bits per heavy atom. The molecule has 28 heavy (non-hydrogen) atoms. The molecule has 0 spiro atoms.